The van der Waals surface area contributed by atoms with Gasteiger partial charge in [0, 0.05) is 37.5 Å². The summed E-state index contributed by atoms with van der Waals surface area (Å²) in [6.45, 7) is 1.29. The minimum Gasteiger partial charge on any atom is -0.478 e. The van der Waals surface area contributed by atoms with Gasteiger partial charge in [0.25, 0.3) is 10.0 Å². The Kier molecular flexibility index (Phi) is 5.45. The Labute approximate surface area is 151 Å². The van der Waals surface area contributed by atoms with E-state index in [1.807, 2.05) is 0 Å². The number of hydrogen-bond acceptors (Lipinski definition) is 5. The largest absolute Gasteiger partial charge is 0.478 e. The molecule has 1 aromatic rings. The van der Waals surface area contributed by atoms with Gasteiger partial charge < -0.3 is 10.0 Å². The molecule has 1 aliphatic heterocycles. The molecule has 138 valence electrons. The van der Waals surface area contributed by atoms with Crippen molar-refractivity contribution in [2.24, 2.45) is 5.92 Å². The SMILES string of the molecule is O=C(O)c1csc(S(=O)(=O)N2CCN(C(=O)C3CCCCC3)CC2)c1. The number of piperazine rings is 1. The van der Waals surface area contributed by atoms with Gasteiger partial charge in [-0.25, -0.2) is 13.2 Å². The highest BCUT2D eigenvalue weighted by Gasteiger charge is 2.33. The van der Waals surface area contributed by atoms with Crippen LogP contribution in [0.4, 0.5) is 0 Å². The smallest absolute Gasteiger partial charge is 0.336 e. The first kappa shape index (κ1) is 18.3. The van der Waals surface area contributed by atoms with Crippen LogP contribution in [0.5, 0.6) is 0 Å². The van der Waals surface area contributed by atoms with Gasteiger partial charge in [-0.05, 0) is 18.9 Å². The molecular weight excluding hydrogens is 364 g/mol. The minimum atomic E-state index is -3.70. The van der Waals surface area contributed by atoms with Crippen molar-refractivity contribution in [2.75, 3.05) is 26.2 Å². The molecule has 2 fully saturated rings. The molecule has 0 radical (unpaired) electrons. The van der Waals surface area contributed by atoms with E-state index >= 15 is 0 Å². The Hall–Kier alpha value is -1.45. The number of rotatable bonds is 4. The van der Waals surface area contributed by atoms with Crippen LogP contribution in [0, 0.1) is 5.92 Å². The monoisotopic (exact) mass is 386 g/mol. The molecule has 2 aliphatic rings. The van der Waals surface area contributed by atoms with Crippen molar-refractivity contribution in [2.45, 2.75) is 36.3 Å². The number of thiophene rings is 1. The molecule has 0 spiro atoms. The molecular formula is C16H22N2O5S2. The molecule has 7 nitrogen and oxygen atoms in total. The number of aromatic carboxylic acids is 1. The lowest BCUT2D eigenvalue weighted by atomic mass is 9.88. The van der Waals surface area contributed by atoms with Crippen LogP contribution in [0.2, 0.25) is 0 Å². The first-order valence-electron chi connectivity index (χ1n) is 8.50. The molecule has 1 saturated carbocycles. The van der Waals surface area contributed by atoms with Gasteiger partial charge in [0.1, 0.15) is 4.21 Å². The van der Waals surface area contributed by atoms with E-state index in [4.69, 9.17) is 5.11 Å². The van der Waals surface area contributed by atoms with E-state index in [0.29, 0.717) is 13.1 Å². The van der Waals surface area contributed by atoms with Gasteiger partial charge in [0.05, 0.1) is 5.56 Å². The predicted molar refractivity (Wildman–Crippen MR) is 93.2 cm³/mol. The highest BCUT2D eigenvalue weighted by molar-refractivity contribution is 7.91. The van der Waals surface area contributed by atoms with Crippen LogP contribution in [-0.4, -0.2) is 60.8 Å². The van der Waals surface area contributed by atoms with E-state index in [-0.39, 0.29) is 34.7 Å². The molecule has 2 heterocycles. The maximum absolute atomic E-state index is 12.6. The number of nitrogens with zero attached hydrogens (tertiary/aromatic N) is 2. The topological polar surface area (TPSA) is 95.0 Å². The minimum absolute atomic E-state index is 0.0188. The van der Waals surface area contributed by atoms with Crippen LogP contribution in [0.3, 0.4) is 0 Å². The second-order valence-electron chi connectivity index (χ2n) is 6.52. The first-order chi connectivity index (χ1) is 11.9. The summed E-state index contributed by atoms with van der Waals surface area (Å²) in [5.41, 5.74) is -0.0188. The average molecular weight is 386 g/mol. The van der Waals surface area contributed by atoms with Gasteiger partial charge in [0.2, 0.25) is 5.91 Å². The molecule has 0 aromatic carbocycles. The molecule has 0 atom stereocenters. The van der Waals surface area contributed by atoms with Crippen LogP contribution in [0.25, 0.3) is 0 Å². The molecule has 9 heteroatoms. The van der Waals surface area contributed by atoms with Crippen LogP contribution in [-0.2, 0) is 14.8 Å². The Balaban J connectivity index is 1.62. The number of hydrogen-bond donors (Lipinski definition) is 1. The Bertz CT molecular complexity index is 744. The number of sulfonamides is 1. The summed E-state index contributed by atoms with van der Waals surface area (Å²) >= 11 is 0.917. The third-order valence-electron chi connectivity index (χ3n) is 4.92. The molecule has 1 saturated heterocycles. The van der Waals surface area contributed by atoms with E-state index in [9.17, 15) is 18.0 Å². The van der Waals surface area contributed by atoms with Crippen molar-refractivity contribution in [3.63, 3.8) is 0 Å². The van der Waals surface area contributed by atoms with Crippen molar-refractivity contribution in [3.05, 3.63) is 17.0 Å². The molecule has 1 amide bonds. The molecule has 3 rings (SSSR count). The lowest BCUT2D eigenvalue weighted by Gasteiger charge is -2.36. The zero-order valence-electron chi connectivity index (χ0n) is 13.9. The fraction of sp³-hybridized carbons (Fsp3) is 0.625. The summed E-state index contributed by atoms with van der Waals surface area (Å²) in [5, 5.41) is 10.3. The Morgan fingerprint density at radius 2 is 1.72 bits per heavy atom. The second-order valence-corrected chi connectivity index (χ2v) is 9.60. The zero-order chi connectivity index (χ0) is 18.0. The van der Waals surface area contributed by atoms with E-state index < -0.39 is 16.0 Å². The van der Waals surface area contributed by atoms with Crippen molar-refractivity contribution < 1.29 is 23.1 Å². The number of carbonyl (C=O) groups excluding carboxylic acids is 1. The van der Waals surface area contributed by atoms with E-state index in [1.54, 1.807) is 4.90 Å². The highest BCUT2D eigenvalue weighted by atomic mass is 32.2. The molecule has 1 aliphatic carbocycles. The van der Waals surface area contributed by atoms with Crippen molar-refractivity contribution in [1.82, 2.24) is 9.21 Å². The van der Waals surface area contributed by atoms with Gasteiger partial charge in [-0.2, -0.15) is 4.31 Å². The average Bonchev–Trinajstić information content (AvgIpc) is 3.13. The number of amides is 1. The summed E-state index contributed by atoms with van der Waals surface area (Å²) in [4.78, 5) is 25.3. The van der Waals surface area contributed by atoms with Gasteiger partial charge in [-0.1, -0.05) is 19.3 Å². The van der Waals surface area contributed by atoms with Crippen LogP contribution in [0.1, 0.15) is 42.5 Å². The second kappa shape index (κ2) is 7.43. The van der Waals surface area contributed by atoms with Gasteiger partial charge in [-0.3, -0.25) is 4.79 Å². The van der Waals surface area contributed by atoms with E-state index in [2.05, 4.69) is 0 Å². The lowest BCUT2D eigenvalue weighted by Crippen LogP contribution is -2.51. The molecule has 25 heavy (non-hydrogen) atoms. The summed E-state index contributed by atoms with van der Waals surface area (Å²) < 4.78 is 26.7. The highest BCUT2D eigenvalue weighted by Crippen LogP contribution is 2.28. The Morgan fingerprint density at radius 3 is 2.28 bits per heavy atom. The molecule has 0 unspecified atom stereocenters. The summed E-state index contributed by atoms with van der Waals surface area (Å²) in [6.07, 6.45) is 5.24. The number of carbonyl (C=O) groups is 2. The number of carboxylic acid groups (broad SMARTS) is 1. The van der Waals surface area contributed by atoms with Gasteiger partial charge in [0.15, 0.2) is 0 Å². The van der Waals surface area contributed by atoms with Crippen molar-refractivity contribution in [3.8, 4) is 0 Å². The summed E-state index contributed by atoms with van der Waals surface area (Å²) in [5.74, 6) is -0.894. The first-order valence-corrected chi connectivity index (χ1v) is 10.8. The van der Waals surface area contributed by atoms with Crippen molar-refractivity contribution in [1.29, 1.82) is 0 Å². The van der Waals surface area contributed by atoms with E-state index in [1.165, 1.54) is 22.2 Å². The fourth-order valence-corrected chi connectivity index (χ4v) is 6.18. The Morgan fingerprint density at radius 1 is 1.08 bits per heavy atom. The maximum Gasteiger partial charge on any atom is 0.336 e. The summed E-state index contributed by atoms with van der Waals surface area (Å²) in [7, 11) is -3.70. The van der Waals surface area contributed by atoms with Gasteiger partial charge in [-0.15, -0.1) is 11.3 Å². The van der Waals surface area contributed by atoms with Crippen molar-refractivity contribution >= 4 is 33.2 Å². The third-order valence-corrected chi connectivity index (χ3v) is 8.24. The standard InChI is InChI=1S/C16H22N2O5S2/c19-15(12-4-2-1-3-5-12)17-6-8-18(9-7-17)25(22,23)14-10-13(11-24-14)16(20)21/h10-12H,1-9H2,(H,20,21). The molecule has 0 bridgehead atoms. The van der Waals surface area contributed by atoms with Crippen LogP contribution in [0.15, 0.2) is 15.7 Å². The predicted octanol–water partition coefficient (Wildman–Crippen LogP) is 1.86. The zero-order valence-corrected chi connectivity index (χ0v) is 15.5. The normalized spacial score (nSPS) is 20.6. The lowest BCUT2D eigenvalue weighted by molar-refractivity contribution is -0.137. The van der Waals surface area contributed by atoms with E-state index in [0.717, 1.165) is 37.0 Å². The maximum atomic E-state index is 12.6. The number of carboxylic acids is 1. The van der Waals surface area contributed by atoms with Crippen LogP contribution >= 0.6 is 11.3 Å². The fourth-order valence-electron chi connectivity index (χ4n) is 3.45. The van der Waals surface area contributed by atoms with Gasteiger partial charge >= 0.3 is 5.97 Å². The molecule has 1 N–H and O–H groups in total. The molecule has 1 aromatic heterocycles. The van der Waals surface area contributed by atoms with Crippen LogP contribution < -0.4 is 0 Å². The quantitative estimate of drug-likeness (QED) is 0.852. The third kappa shape index (κ3) is 3.88. The summed E-state index contributed by atoms with van der Waals surface area (Å²) in [6, 6.07) is 1.20.